The molecule has 0 radical (unpaired) electrons. The van der Waals surface area contributed by atoms with Crippen LogP contribution in [-0.4, -0.2) is 20.4 Å². The van der Waals surface area contributed by atoms with E-state index in [1.807, 2.05) is 0 Å². The van der Waals surface area contributed by atoms with Gasteiger partial charge in [-0.25, -0.2) is 0 Å². The minimum atomic E-state index is -3.02. The number of unbranched alkanes of at least 4 members (excludes halogenated alkanes) is 1. The molecule has 0 fully saturated rings. The summed E-state index contributed by atoms with van der Waals surface area (Å²) in [6, 6.07) is 0. The second-order valence-electron chi connectivity index (χ2n) is 2.34. The van der Waals surface area contributed by atoms with Crippen LogP contribution < -0.4 is 0 Å². The van der Waals surface area contributed by atoms with Crippen LogP contribution in [0, 0.1) is 0 Å². The highest BCUT2D eigenvalue weighted by Gasteiger charge is 2.19. The van der Waals surface area contributed by atoms with E-state index in [2.05, 4.69) is 9.05 Å². The van der Waals surface area contributed by atoms with Gasteiger partial charge in [-0.15, -0.1) is 0 Å². The summed E-state index contributed by atoms with van der Waals surface area (Å²) < 4.78 is 43.7. The van der Waals surface area contributed by atoms with Crippen LogP contribution in [-0.2, 0) is 13.6 Å². The van der Waals surface area contributed by atoms with E-state index in [0.717, 1.165) is 6.08 Å². The number of rotatable bonds is 6. The molecule has 0 saturated heterocycles. The molecule has 0 rings (SSSR count). The summed E-state index contributed by atoms with van der Waals surface area (Å²) in [4.78, 5) is 0. The van der Waals surface area contributed by atoms with Gasteiger partial charge in [-0.1, -0.05) is 0 Å². The van der Waals surface area contributed by atoms with Crippen LogP contribution in [0.2, 0.25) is 0 Å². The largest absolute Gasteiger partial charge is 0.330 e. The van der Waals surface area contributed by atoms with Crippen molar-refractivity contribution in [3.63, 3.8) is 0 Å². The first-order valence-electron chi connectivity index (χ1n) is 3.76. The zero-order valence-electron chi connectivity index (χ0n) is 7.63. The molecule has 0 heterocycles. The Labute approximate surface area is 76.3 Å². The Kier molecular flexibility index (Phi) is 6.12. The maximum atomic E-state index is 11.5. The van der Waals surface area contributed by atoms with Crippen molar-refractivity contribution in [1.82, 2.24) is 0 Å². The number of hydrogen-bond acceptors (Lipinski definition) is 3. The Morgan fingerprint density at radius 2 is 1.92 bits per heavy atom. The lowest BCUT2D eigenvalue weighted by atomic mass is 10.3. The molecule has 78 valence electrons. The highest BCUT2D eigenvalue weighted by molar-refractivity contribution is 7.53. The lowest BCUT2D eigenvalue weighted by molar-refractivity contribution is 0.275. The molecule has 6 heteroatoms. The summed E-state index contributed by atoms with van der Waals surface area (Å²) in [5.41, 5.74) is 0. The van der Waals surface area contributed by atoms with Gasteiger partial charge in [-0.2, -0.15) is 8.78 Å². The Balaban J connectivity index is 3.75. The highest BCUT2D eigenvalue weighted by Crippen LogP contribution is 2.46. The third-order valence-corrected chi connectivity index (χ3v) is 3.47. The van der Waals surface area contributed by atoms with E-state index in [1.165, 1.54) is 14.2 Å². The third kappa shape index (κ3) is 5.91. The van der Waals surface area contributed by atoms with E-state index < -0.39 is 13.7 Å². The number of hydrogen-bond donors (Lipinski definition) is 0. The normalized spacial score (nSPS) is 11.4. The van der Waals surface area contributed by atoms with Crippen molar-refractivity contribution < 1.29 is 22.4 Å². The summed E-state index contributed by atoms with van der Waals surface area (Å²) in [5, 5.41) is 0. The molecule has 0 bridgehead atoms. The zero-order valence-corrected chi connectivity index (χ0v) is 8.52. The Morgan fingerprint density at radius 3 is 2.31 bits per heavy atom. The van der Waals surface area contributed by atoms with E-state index in [9.17, 15) is 13.3 Å². The topological polar surface area (TPSA) is 35.5 Å². The van der Waals surface area contributed by atoms with Crippen molar-refractivity contribution >= 4 is 7.60 Å². The SMILES string of the molecule is COP(=O)(CCCC=C(F)F)OC. The predicted octanol–water partition coefficient (Wildman–Crippen LogP) is 3.03. The third-order valence-electron chi connectivity index (χ3n) is 1.49. The summed E-state index contributed by atoms with van der Waals surface area (Å²) in [6.07, 6.45) is -0.237. The molecular weight excluding hydrogens is 201 g/mol. The molecule has 0 aliphatic carbocycles. The minimum Gasteiger partial charge on any atom is -0.312 e. The highest BCUT2D eigenvalue weighted by atomic mass is 31.2. The predicted molar refractivity (Wildman–Crippen MR) is 46.0 cm³/mol. The first kappa shape index (κ1) is 12.8. The maximum absolute atomic E-state index is 11.5. The van der Waals surface area contributed by atoms with Gasteiger partial charge in [0.15, 0.2) is 0 Å². The molecule has 0 spiro atoms. The van der Waals surface area contributed by atoms with E-state index in [0.29, 0.717) is 6.42 Å². The van der Waals surface area contributed by atoms with Crippen molar-refractivity contribution in [3.8, 4) is 0 Å². The molecule has 13 heavy (non-hydrogen) atoms. The average molecular weight is 214 g/mol. The first-order chi connectivity index (χ1) is 6.04. The lowest BCUT2D eigenvalue weighted by Crippen LogP contribution is -1.94. The summed E-state index contributed by atoms with van der Waals surface area (Å²) >= 11 is 0. The van der Waals surface area contributed by atoms with Gasteiger partial charge in [0.25, 0.3) is 6.08 Å². The minimum absolute atomic E-state index is 0.157. The molecule has 0 unspecified atom stereocenters. The fourth-order valence-electron chi connectivity index (χ4n) is 0.753. The van der Waals surface area contributed by atoms with Gasteiger partial charge in [0.2, 0.25) is 0 Å². The lowest BCUT2D eigenvalue weighted by Gasteiger charge is -2.11. The molecule has 0 aromatic rings. The molecule has 0 saturated carbocycles. The molecule has 0 aromatic carbocycles. The van der Waals surface area contributed by atoms with Crippen LogP contribution in [0.25, 0.3) is 0 Å². The van der Waals surface area contributed by atoms with Crippen LogP contribution in [0.3, 0.4) is 0 Å². The van der Waals surface area contributed by atoms with Gasteiger partial charge in [-0.05, 0) is 18.9 Å². The molecule has 0 atom stereocenters. The summed E-state index contributed by atoms with van der Waals surface area (Å²) in [6.45, 7) is 0. The van der Waals surface area contributed by atoms with E-state index in [1.54, 1.807) is 0 Å². The van der Waals surface area contributed by atoms with Crippen LogP contribution in [0.1, 0.15) is 12.8 Å². The van der Waals surface area contributed by atoms with Crippen LogP contribution >= 0.6 is 7.60 Å². The Bertz CT molecular complexity index is 206. The monoisotopic (exact) mass is 214 g/mol. The van der Waals surface area contributed by atoms with Crippen LogP contribution in [0.15, 0.2) is 12.2 Å². The van der Waals surface area contributed by atoms with Gasteiger partial charge in [0.1, 0.15) is 0 Å². The van der Waals surface area contributed by atoms with Crippen molar-refractivity contribution in [2.24, 2.45) is 0 Å². The van der Waals surface area contributed by atoms with Gasteiger partial charge < -0.3 is 9.05 Å². The molecule has 0 aliphatic heterocycles. The smallest absolute Gasteiger partial charge is 0.312 e. The van der Waals surface area contributed by atoms with Crippen LogP contribution in [0.4, 0.5) is 8.78 Å². The van der Waals surface area contributed by atoms with Gasteiger partial charge in [0.05, 0.1) is 6.16 Å². The van der Waals surface area contributed by atoms with Crippen LogP contribution in [0.5, 0.6) is 0 Å². The quantitative estimate of drug-likeness (QED) is 0.503. The van der Waals surface area contributed by atoms with Crippen molar-refractivity contribution in [2.45, 2.75) is 12.8 Å². The second-order valence-corrected chi connectivity index (χ2v) is 4.73. The number of halogens is 2. The van der Waals surface area contributed by atoms with Crippen molar-refractivity contribution in [3.05, 3.63) is 12.2 Å². The average Bonchev–Trinajstić information content (AvgIpc) is 2.12. The first-order valence-corrected chi connectivity index (χ1v) is 5.48. The zero-order chi connectivity index (χ0) is 10.3. The van der Waals surface area contributed by atoms with Gasteiger partial charge in [0, 0.05) is 14.2 Å². The van der Waals surface area contributed by atoms with Crippen molar-refractivity contribution in [1.29, 1.82) is 0 Å². The second kappa shape index (κ2) is 6.24. The molecular formula is C7H13F2O3P. The molecule has 0 N–H and O–H groups in total. The summed E-state index contributed by atoms with van der Waals surface area (Å²) in [7, 11) is -0.468. The maximum Gasteiger partial charge on any atom is 0.330 e. The molecule has 0 aliphatic rings. The van der Waals surface area contributed by atoms with Gasteiger partial charge >= 0.3 is 7.60 Å². The van der Waals surface area contributed by atoms with E-state index in [-0.39, 0.29) is 12.6 Å². The fraction of sp³-hybridized carbons (Fsp3) is 0.714. The Hall–Kier alpha value is -0.250. The summed E-state index contributed by atoms with van der Waals surface area (Å²) in [5.74, 6) is 0. The molecule has 3 nitrogen and oxygen atoms in total. The molecule has 0 amide bonds. The number of allylic oxidation sites excluding steroid dienone is 1. The van der Waals surface area contributed by atoms with Crippen molar-refractivity contribution in [2.75, 3.05) is 20.4 Å². The van der Waals surface area contributed by atoms with E-state index >= 15 is 0 Å². The van der Waals surface area contributed by atoms with E-state index in [4.69, 9.17) is 0 Å². The fourth-order valence-corrected chi connectivity index (χ4v) is 1.84. The Morgan fingerprint density at radius 1 is 1.38 bits per heavy atom. The van der Waals surface area contributed by atoms with Gasteiger partial charge in [-0.3, -0.25) is 4.57 Å². The molecule has 0 aromatic heterocycles. The standard InChI is InChI=1S/C7H13F2O3P/c1-11-13(10,12-2)6-4-3-5-7(8)9/h5H,3-4,6H2,1-2H3.